The first-order chi connectivity index (χ1) is 9.09. The molecule has 0 spiro atoms. The third-order valence-corrected chi connectivity index (χ3v) is 3.91. The zero-order valence-corrected chi connectivity index (χ0v) is 15.3. The Bertz CT molecular complexity index is 191. The summed E-state index contributed by atoms with van der Waals surface area (Å²) in [7, 11) is 0. The van der Waals surface area contributed by atoms with Crippen LogP contribution in [0.3, 0.4) is 0 Å². The number of piperidine rings is 1. The van der Waals surface area contributed by atoms with Gasteiger partial charge in [0.05, 0.1) is 12.2 Å². The molecular weight excluding hydrogens is 430 g/mol. The van der Waals surface area contributed by atoms with E-state index in [4.69, 9.17) is 15.5 Å². The molecule has 2 rings (SSSR count). The summed E-state index contributed by atoms with van der Waals surface area (Å²) in [5, 5.41) is 21.8. The molecule has 1 saturated carbocycles. The van der Waals surface area contributed by atoms with Gasteiger partial charge in [0.2, 0.25) is 0 Å². The Morgan fingerprint density at radius 1 is 1.05 bits per heavy atom. The number of hydrogen-bond donors (Lipinski definition) is 2. The van der Waals surface area contributed by atoms with E-state index in [1.165, 1.54) is 44.9 Å². The molecule has 1 saturated heterocycles. The summed E-state index contributed by atoms with van der Waals surface area (Å²) in [4.78, 5) is 0. The van der Waals surface area contributed by atoms with Crippen molar-refractivity contribution in [3.05, 3.63) is 11.7 Å². The van der Waals surface area contributed by atoms with Gasteiger partial charge in [-0.25, -0.2) is 0 Å². The van der Waals surface area contributed by atoms with E-state index >= 15 is 0 Å². The van der Waals surface area contributed by atoms with Crippen molar-refractivity contribution in [1.82, 2.24) is 0 Å². The smallest absolute Gasteiger partial charge is 0.0536 e. The third-order valence-electron chi connectivity index (χ3n) is 3.91. The molecule has 0 aromatic rings. The average molecular weight is 462 g/mol. The number of aliphatic hydroxyl groups excluding tert-OH is 2. The van der Waals surface area contributed by atoms with Gasteiger partial charge >= 0.3 is 0 Å². The molecule has 0 amide bonds. The third kappa shape index (κ3) is 9.46. The molecule has 4 atom stereocenters. The van der Waals surface area contributed by atoms with Crippen LogP contribution in [0.5, 0.6) is 0 Å². The Kier molecular flexibility index (Phi) is 12.4. The minimum absolute atomic E-state index is 0. The van der Waals surface area contributed by atoms with E-state index in [1.807, 2.05) is 0 Å². The summed E-state index contributed by atoms with van der Waals surface area (Å²) < 4.78 is 0. The van der Waals surface area contributed by atoms with Crippen molar-refractivity contribution in [2.75, 3.05) is 6.54 Å². The summed E-state index contributed by atoms with van der Waals surface area (Å²) in [5.41, 5.74) is 0. The molecular formula is C16H31IrNO2-2. The summed E-state index contributed by atoms with van der Waals surface area (Å²) in [5.74, 6) is 0.846. The molecule has 1 radical (unpaired) electrons. The second kappa shape index (κ2) is 12.1. The monoisotopic (exact) mass is 462 g/mol. The molecule has 0 bridgehead atoms. The van der Waals surface area contributed by atoms with Crippen molar-refractivity contribution in [3.8, 4) is 0 Å². The van der Waals surface area contributed by atoms with Crippen LogP contribution in [0.25, 0.3) is 5.32 Å². The van der Waals surface area contributed by atoms with Crippen molar-refractivity contribution in [2.24, 2.45) is 5.92 Å². The van der Waals surface area contributed by atoms with E-state index in [2.05, 4.69) is 6.42 Å². The van der Waals surface area contributed by atoms with Crippen molar-refractivity contribution in [2.45, 2.75) is 83.5 Å². The summed E-state index contributed by atoms with van der Waals surface area (Å²) >= 11 is 0. The van der Waals surface area contributed by atoms with Gasteiger partial charge in [0.15, 0.2) is 0 Å². The normalized spacial score (nSPS) is 29.4. The first-order valence-electron chi connectivity index (χ1n) is 7.95. The van der Waals surface area contributed by atoms with Crippen molar-refractivity contribution in [3.63, 3.8) is 0 Å². The van der Waals surface area contributed by atoms with Gasteiger partial charge in [0.1, 0.15) is 0 Å². The van der Waals surface area contributed by atoms with Crippen LogP contribution >= 0.6 is 0 Å². The van der Waals surface area contributed by atoms with Gasteiger partial charge < -0.3 is 22.0 Å². The maximum absolute atomic E-state index is 8.56. The van der Waals surface area contributed by atoms with Crippen LogP contribution in [-0.4, -0.2) is 35.0 Å². The zero-order valence-electron chi connectivity index (χ0n) is 12.9. The Balaban J connectivity index is 0.000000396. The minimum atomic E-state index is -0.375. The minimum Gasteiger partial charge on any atom is -0.661 e. The van der Waals surface area contributed by atoms with Gasteiger partial charge in [-0.15, -0.1) is 6.54 Å². The van der Waals surface area contributed by atoms with Crippen LogP contribution < -0.4 is 0 Å². The van der Waals surface area contributed by atoms with Crippen LogP contribution in [0.15, 0.2) is 0 Å². The predicted octanol–water partition coefficient (Wildman–Crippen LogP) is 3.44. The average Bonchev–Trinajstić information content (AvgIpc) is 2.40. The van der Waals surface area contributed by atoms with Crippen LogP contribution in [-0.2, 0) is 20.1 Å². The number of aliphatic hydroxyl groups is 2. The van der Waals surface area contributed by atoms with Gasteiger partial charge in [-0.2, -0.15) is 18.4 Å². The van der Waals surface area contributed by atoms with Crippen LogP contribution in [0, 0.1) is 12.3 Å². The fourth-order valence-corrected chi connectivity index (χ4v) is 2.98. The largest absolute Gasteiger partial charge is 0.661 e. The molecule has 4 heteroatoms. The van der Waals surface area contributed by atoms with E-state index in [0.29, 0.717) is 12.5 Å². The Labute approximate surface area is 138 Å². The second-order valence-electron chi connectivity index (χ2n) is 6.09. The molecule has 1 aliphatic heterocycles. The van der Waals surface area contributed by atoms with Crippen molar-refractivity contribution < 1.29 is 30.3 Å². The molecule has 3 nitrogen and oxygen atoms in total. The molecule has 4 unspecified atom stereocenters. The van der Waals surface area contributed by atoms with Crippen LogP contribution in [0.4, 0.5) is 0 Å². The van der Waals surface area contributed by atoms with E-state index in [9.17, 15) is 0 Å². The van der Waals surface area contributed by atoms with Gasteiger partial charge in [-0.1, -0.05) is 38.5 Å². The van der Waals surface area contributed by atoms with E-state index in [0.717, 1.165) is 12.5 Å². The number of rotatable bonds is 3. The maximum atomic E-state index is 8.56. The maximum Gasteiger partial charge on any atom is 0.0536 e. The van der Waals surface area contributed by atoms with Crippen LogP contribution in [0.2, 0.25) is 0 Å². The summed E-state index contributed by atoms with van der Waals surface area (Å²) in [6, 6.07) is 0.707. The molecule has 1 heterocycles. The molecule has 0 aromatic heterocycles. The van der Waals surface area contributed by atoms with Crippen molar-refractivity contribution >= 4 is 0 Å². The van der Waals surface area contributed by atoms with Gasteiger partial charge in [0, 0.05) is 20.1 Å². The molecule has 20 heavy (non-hydrogen) atoms. The van der Waals surface area contributed by atoms with Gasteiger partial charge in [-0.3, -0.25) is 0 Å². The summed E-state index contributed by atoms with van der Waals surface area (Å²) in [6.45, 7) is 4.45. The first kappa shape index (κ1) is 20.5. The number of nitrogens with zero attached hydrogens (tertiary/aromatic N) is 1. The molecule has 2 N–H and O–H groups in total. The van der Waals surface area contributed by atoms with E-state index in [-0.39, 0.29) is 32.3 Å². The first-order valence-corrected chi connectivity index (χ1v) is 7.95. The zero-order chi connectivity index (χ0) is 14.1. The fourth-order valence-electron chi connectivity index (χ4n) is 2.98. The standard InChI is InChI=1S/C11H19N.C5H12O2.Ir/c1-2-6-10(7-3-1)11-8-4-5-9-12-11;1-4(6)3-5(2)7;/h6,10-11H,1-5,7-9H2;4-7H,3H2,1-2H3;/q-2;;. The second-order valence-corrected chi connectivity index (χ2v) is 6.09. The predicted molar refractivity (Wildman–Crippen MR) is 80.1 cm³/mol. The Morgan fingerprint density at radius 2 is 1.70 bits per heavy atom. The van der Waals surface area contributed by atoms with E-state index < -0.39 is 0 Å². The fraction of sp³-hybridized carbons (Fsp3) is 0.938. The molecule has 0 aromatic carbocycles. The van der Waals surface area contributed by atoms with Crippen LogP contribution in [0.1, 0.15) is 65.2 Å². The SMILES string of the molecule is CC(O)CC(C)O.[CH-]1CCCCC1C1CCCC[N-]1.[Ir]. The molecule has 2 fully saturated rings. The van der Waals surface area contributed by atoms with Gasteiger partial charge in [-0.05, 0) is 20.3 Å². The quantitative estimate of drug-likeness (QED) is 0.633. The van der Waals surface area contributed by atoms with Gasteiger partial charge in [0.25, 0.3) is 0 Å². The Morgan fingerprint density at radius 3 is 2.10 bits per heavy atom. The Hall–Kier alpha value is 0.529. The molecule has 1 aliphatic carbocycles. The van der Waals surface area contributed by atoms with E-state index in [1.54, 1.807) is 13.8 Å². The number of hydrogen-bond acceptors (Lipinski definition) is 2. The van der Waals surface area contributed by atoms with Crippen molar-refractivity contribution in [1.29, 1.82) is 0 Å². The molecule has 2 aliphatic rings. The molecule has 123 valence electrons. The topological polar surface area (TPSA) is 54.6 Å². The summed E-state index contributed by atoms with van der Waals surface area (Å²) in [6.07, 6.45) is 12.0.